The topological polar surface area (TPSA) is 96.0 Å². The minimum absolute atomic E-state index is 0.0238. The van der Waals surface area contributed by atoms with Gasteiger partial charge in [0.1, 0.15) is 24.2 Å². The minimum Gasteiger partial charge on any atom is -0.492 e. The van der Waals surface area contributed by atoms with E-state index in [1.165, 1.54) is 35.2 Å². The summed E-state index contributed by atoms with van der Waals surface area (Å²) < 4.78 is 49.9. The number of amides is 2. The van der Waals surface area contributed by atoms with Gasteiger partial charge in [-0.2, -0.15) is 0 Å². The fourth-order valence-electron chi connectivity index (χ4n) is 4.83. The number of carbonyl (C=O) groups excluding carboxylic acids is 2. The standard InChI is InChI=1S/C34H36FN3O5S/c1-3-36-34(40)31(23-26-15-7-5-8-16-26)37(24-27-17-11-12-20-29(27)35)33(39)25-38(30-21-13-14-22-32(30)43-4-2)44(41,42)28-18-9-6-10-19-28/h5-22,31H,3-4,23-25H2,1-2H3,(H,36,40)/t31-/m1/s1. The van der Waals surface area contributed by atoms with E-state index >= 15 is 0 Å². The van der Waals surface area contributed by atoms with E-state index in [-0.39, 0.29) is 41.5 Å². The van der Waals surface area contributed by atoms with Crippen molar-refractivity contribution in [3.63, 3.8) is 0 Å². The summed E-state index contributed by atoms with van der Waals surface area (Å²) in [5, 5.41) is 2.79. The fraction of sp³-hybridized carbons (Fsp3) is 0.235. The zero-order chi connectivity index (χ0) is 31.5. The molecule has 44 heavy (non-hydrogen) atoms. The second-order valence-corrected chi connectivity index (χ2v) is 11.8. The predicted molar refractivity (Wildman–Crippen MR) is 168 cm³/mol. The maximum atomic E-state index is 15.0. The maximum absolute atomic E-state index is 15.0. The number of sulfonamides is 1. The van der Waals surface area contributed by atoms with Crippen LogP contribution in [0, 0.1) is 5.82 Å². The molecular formula is C34H36FN3O5S. The smallest absolute Gasteiger partial charge is 0.264 e. The molecule has 8 nitrogen and oxygen atoms in total. The van der Waals surface area contributed by atoms with Gasteiger partial charge in [-0.1, -0.05) is 78.9 Å². The first-order valence-corrected chi connectivity index (χ1v) is 15.8. The SMILES string of the molecule is CCNC(=O)[C@@H](Cc1ccccc1)N(Cc1ccccc1F)C(=O)CN(c1ccccc1OCC)S(=O)(=O)c1ccccc1. The van der Waals surface area contributed by atoms with Gasteiger partial charge in [0.2, 0.25) is 11.8 Å². The molecule has 0 heterocycles. The number of hydrogen-bond acceptors (Lipinski definition) is 5. The summed E-state index contributed by atoms with van der Waals surface area (Å²) in [5.74, 6) is -1.40. The summed E-state index contributed by atoms with van der Waals surface area (Å²) in [6, 6.07) is 28.4. The van der Waals surface area contributed by atoms with Gasteiger partial charge in [-0.05, 0) is 49.7 Å². The summed E-state index contributed by atoms with van der Waals surface area (Å²) in [7, 11) is -4.29. The molecule has 10 heteroatoms. The largest absolute Gasteiger partial charge is 0.492 e. The molecule has 1 N–H and O–H groups in total. The Labute approximate surface area is 258 Å². The molecule has 0 aromatic heterocycles. The van der Waals surface area contributed by atoms with Gasteiger partial charge >= 0.3 is 0 Å². The highest BCUT2D eigenvalue weighted by Gasteiger charge is 2.35. The van der Waals surface area contributed by atoms with Crippen molar-refractivity contribution < 1.29 is 27.1 Å². The van der Waals surface area contributed by atoms with Gasteiger partial charge in [0, 0.05) is 25.1 Å². The van der Waals surface area contributed by atoms with Gasteiger partial charge in [0.15, 0.2) is 0 Å². The summed E-state index contributed by atoms with van der Waals surface area (Å²) in [6.45, 7) is 3.18. The van der Waals surface area contributed by atoms with Crippen LogP contribution in [0.25, 0.3) is 0 Å². The van der Waals surface area contributed by atoms with Gasteiger partial charge in [0.05, 0.1) is 17.2 Å². The molecular weight excluding hydrogens is 581 g/mol. The summed E-state index contributed by atoms with van der Waals surface area (Å²) >= 11 is 0. The maximum Gasteiger partial charge on any atom is 0.264 e. The monoisotopic (exact) mass is 617 g/mol. The number of benzene rings is 4. The first kappa shape index (κ1) is 32.2. The molecule has 0 spiro atoms. The highest BCUT2D eigenvalue weighted by Crippen LogP contribution is 2.33. The number of rotatable bonds is 14. The lowest BCUT2D eigenvalue weighted by atomic mass is 10.0. The van der Waals surface area contributed by atoms with Crippen LogP contribution in [0.15, 0.2) is 114 Å². The molecule has 0 bridgehead atoms. The normalized spacial score (nSPS) is 11.8. The van der Waals surface area contributed by atoms with E-state index in [0.717, 1.165) is 9.87 Å². The molecule has 0 fully saturated rings. The number of nitrogens with one attached hydrogen (secondary N) is 1. The molecule has 4 aromatic carbocycles. The predicted octanol–water partition coefficient (Wildman–Crippen LogP) is 5.20. The minimum atomic E-state index is -4.29. The lowest BCUT2D eigenvalue weighted by Gasteiger charge is -2.34. The van der Waals surface area contributed by atoms with Crippen LogP contribution in [0.2, 0.25) is 0 Å². The third kappa shape index (κ3) is 7.82. The molecule has 0 aliphatic rings. The van der Waals surface area contributed by atoms with Crippen molar-refractivity contribution in [3.05, 3.63) is 126 Å². The molecule has 0 unspecified atom stereocenters. The van der Waals surface area contributed by atoms with Crippen molar-refractivity contribution in [2.75, 3.05) is 24.0 Å². The van der Waals surface area contributed by atoms with E-state index in [2.05, 4.69) is 5.32 Å². The Kier molecular flexibility index (Phi) is 11.1. The number of ether oxygens (including phenoxy) is 1. The average Bonchev–Trinajstić information content (AvgIpc) is 3.04. The number of hydrogen-bond donors (Lipinski definition) is 1. The Morgan fingerprint density at radius 1 is 0.841 bits per heavy atom. The van der Waals surface area contributed by atoms with Gasteiger partial charge in [-0.15, -0.1) is 0 Å². The van der Waals surface area contributed by atoms with E-state index < -0.39 is 40.2 Å². The van der Waals surface area contributed by atoms with E-state index in [9.17, 15) is 22.4 Å². The summed E-state index contributed by atoms with van der Waals surface area (Å²) in [4.78, 5) is 29.2. The van der Waals surface area contributed by atoms with E-state index in [0.29, 0.717) is 6.54 Å². The van der Waals surface area contributed by atoms with Crippen molar-refractivity contribution >= 4 is 27.5 Å². The van der Waals surface area contributed by atoms with Crippen molar-refractivity contribution in [3.8, 4) is 5.75 Å². The third-order valence-electron chi connectivity index (χ3n) is 6.96. The molecule has 4 aromatic rings. The molecule has 0 aliphatic carbocycles. The Morgan fingerprint density at radius 3 is 2.11 bits per heavy atom. The molecule has 0 aliphatic heterocycles. The number of carbonyl (C=O) groups is 2. The lowest BCUT2D eigenvalue weighted by molar-refractivity contribution is -0.140. The highest BCUT2D eigenvalue weighted by molar-refractivity contribution is 7.92. The van der Waals surface area contributed by atoms with Crippen molar-refractivity contribution in [2.24, 2.45) is 0 Å². The Hall–Kier alpha value is -4.70. The van der Waals surface area contributed by atoms with Crippen LogP contribution in [0.1, 0.15) is 25.0 Å². The van der Waals surface area contributed by atoms with Crippen LogP contribution >= 0.6 is 0 Å². The lowest BCUT2D eigenvalue weighted by Crippen LogP contribution is -2.53. The molecule has 0 saturated carbocycles. The summed E-state index contributed by atoms with van der Waals surface area (Å²) in [6.07, 6.45) is 0.133. The Bertz CT molecular complexity index is 1650. The van der Waals surface area contributed by atoms with E-state index in [4.69, 9.17) is 4.74 Å². The molecule has 4 rings (SSSR count). The van der Waals surface area contributed by atoms with Crippen LogP contribution in [0.5, 0.6) is 5.75 Å². The van der Waals surface area contributed by atoms with Crippen molar-refractivity contribution in [1.82, 2.24) is 10.2 Å². The number of halogens is 1. The molecule has 0 saturated heterocycles. The zero-order valence-electron chi connectivity index (χ0n) is 24.7. The summed E-state index contributed by atoms with van der Waals surface area (Å²) in [5.41, 5.74) is 1.14. The van der Waals surface area contributed by atoms with Gasteiger partial charge in [0.25, 0.3) is 10.0 Å². The van der Waals surface area contributed by atoms with Gasteiger partial charge < -0.3 is 15.0 Å². The zero-order valence-corrected chi connectivity index (χ0v) is 25.5. The number of para-hydroxylation sites is 2. The van der Waals surface area contributed by atoms with Gasteiger partial charge in [-0.3, -0.25) is 13.9 Å². The first-order chi connectivity index (χ1) is 21.3. The van der Waals surface area contributed by atoms with E-state index in [1.54, 1.807) is 62.4 Å². The van der Waals surface area contributed by atoms with Crippen LogP contribution in [-0.2, 0) is 32.6 Å². The number of likely N-dealkylation sites (N-methyl/N-ethyl adjacent to an activating group) is 1. The average molecular weight is 618 g/mol. The molecule has 230 valence electrons. The first-order valence-electron chi connectivity index (χ1n) is 14.4. The van der Waals surface area contributed by atoms with Crippen LogP contribution in [0.3, 0.4) is 0 Å². The Morgan fingerprint density at radius 2 is 1.45 bits per heavy atom. The fourth-order valence-corrected chi connectivity index (χ4v) is 6.28. The Balaban J connectivity index is 1.83. The van der Waals surface area contributed by atoms with Crippen LogP contribution in [-0.4, -0.2) is 50.9 Å². The number of anilines is 1. The van der Waals surface area contributed by atoms with Crippen molar-refractivity contribution in [1.29, 1.82) is 0 Å². The second-order valence-electron chi connectivity index (χ2n) is 9.94. The van der Waals surface area contributed by atoms with Crippen molar-refractivity contribution in [2.45, 2.75) is 37.8 Å². The molecule has 0 radical (unpaired) electrons. The highest BCUT2D eigenvalue weighted by atomic mass is 32.2. The quantitative estimate of drug-likeness (QED) is 0.210. The second kappa shape index (κ2) is 15.2. The van der Waals surface area contributed by atoms with Crippen LogP contribution < -0.4 is 14.4 Å². The van der Waals surface area contributed by atoms with Gasteiger partial charge in [-0.25, -0.2) is 12.8 Å². The van der Waals surface area contributed by atoms with E-state index in [1.807, 2.05) is 30.3 Å². The van der Waals surface area contributed by atoms with Crippen LogP contribution in [0.4, 0.5) is 10.1 Å². The molecule has 1 atom stereocenters. The third-order valence-corrected chi connectivity index (χ3v) is 8.74. The number of nitrogens with zero attached hydrogens (tertiary/aromatic N) is 2. The molecule has 2 amide bonds.